The smallest absolute Gasteiger partial charge is 0.406 e. The molecule has 2 aromatic rings. The highest BCUT2D eigenvalue weighted by Gasteiger charge is 2.36. The molecule has 0 unspecified atom stereocenters. The molecule has 0 saturated heterocycles. The van der Waals surface area contributed by atoms with Gasteiger partial charge in [0.1, 0.15) is 18.7 Å². The van der Waals surface area contributed by atoms with Crippen LogP contribution in [0.3, 0.4) is 0 Å². The number of halogens is 3. The molecule has 0 heterocycles. The molecule has 9 nitrogen and oxygen atoms in total. The summed E-state index contributed by atoms with van der Waals surface area (Å²) in [5.74, 6) is -1.34. The van der Waals surface area contributed by atoms with Gasteiger partial charge in [0, 0.05) is 19.7 Å². The van der Waals surface area contributed by atoms with Crippen molar-refractivity contribution in [2.75, 3.05) is 34.0 Å². The zero-order valence-corrected chi connectivity index (χ0v) is 17.7. The maximum absolute atomic E-state index is 13.2. The standard InChI is InChI=1S/C21H20F3N3O6/c1-31-7-8-33-19-10-17(27(29)30)16(9-18(19)32-2)20(28)26(13-21(22,23)24)12-15-5-3-14(11-25)4-6-15/h3-6,9-10H,7-8,12-13H2,1-2H3. The number of nitro groups is 1. The van der Waals surface area contributed by atoms with Gasteiger partial charge in [0.25, 0.3) is 11.6 Å². The van der Waals surface area contributed by atoms with Crippen LogP contribution in [0.1, 0.15) is 21.5 Å². The molecule has 176 valence electrons. The highest BCUT2D eigenvalue weighted by atomic mass is 19.4. The Morgan fingerprint density at radius 3 is 2.33 bits per heavy atom. The maximum Gasteiger partial charge on any atom is 0.406 e. The third-order valence-corrected chi connectivity index (χ3v) is 4.37. The quantitative estimate of drug-likeness (QED) is 0.297. The van der Waals surface area contributed by atoms with Gasteiger partial charge in [-0.3, -0.25) is 14.9 Å². The fourth-order valence-corrected chi connectivity index (χ4v) is 2.87. The zero-order valence-electron chi connectivity index (χ0n) is 17.7. The Morgan fingerprint density at radius 2 is 1.82 bits per heavy atom. The van der Waals surface area contributed by atoms with Crippen LogP contribution in [0.15, 0.2) is 36.4 Å². The lowest BCUT2D eigenvalue weighted by molar-refractivity contribution is -0.385. The lowest BCUT2D eigenvalue weighted by atomic mass is 10.1. The minimum atomic E-state index is -4.76. The number of carbonyl (C=O) groups excluding carboxylic acids is 1. The van der Waals surface area contributed by atoms with Gasteiger partial charge in [-0.25, -0.2) is 0 Å². The number of amides is 1. The Bertz CT molecular complexity index is 1040. The van der Waals surface area contributed by atoms with E-state index in [9.17, 15) is 28.1 Å². The molecule has 0 radical (unpaired) electrons. The van der Waals surface area contributed by atoms with E-state index in [1.165, 1.54) is 38.5 Å². The predicted molar refractivity (Wildman–Crippen MR) is 109 cm³/mol. The summed E-state index contributed by atoms with van der Waals surface area (Å²) in [7, 11) is 2.65. The van der Waals surface area contributed by atoms with E-state index in [1.807, 2.05) is 6.07 Å². The van der Waals surface area contributed by atoms with Crippen molar-refractivity contribution in [3.8, 4) is 17.6 Å². The van der Waals surface area contributed by atoms with Crippen molar-refractivity contribution in [1.29, 1.82) is 5.26 Å². The summed E-state index contributed by atoms with van der Waals surface area (Å²) in [4.78, 5) is 24.2. The van der Waals surface area contributed by atoms with Crippen molar-refractivity contribution in [1.82, 2.24) is 4.90 Å². The van der Waals surface area contributed by atoms with Crippen molar-refractivity contribution >= 4 is 11.6 Å². The molecule has 0 bridgehead atoms. The molecule has 0 aromatic heterocycles. The third-order valence-electron chi connectivity index (χ3n) is 4.37. The van der Waals surface area contributed by atoms with E-state index in [2.05, 4.69) is 0 Å². The minimum Gasteiger partial charge on any atom is -0.493 e. The first kappa shape index (κ1) is 25.4. The van der Waals surface area contributed by atoms with Crippen molar-refractivity contribution in [2.24, 2.45) is 0 Å². The van der Waals surface area contributed by atoms with Gasteiger partial charge >= 0.3 is 6.18 Å². The van der Waals surface area contributed by atoms with Gasteiger partial charge in [0.2, 0.25) is 0 Å². The number of nitro benzene ring substituents is 1. The van der Waals surface area contributed by atoms with Crippen molar-refractivity contribution in [3.63, 3.8) is 0 Å². The molecule has 0 N–H and O–H groups in total. The Morgan fingerprint density at radius 1 is 1.15 bits per heavy atom. The Hall–Kier alpha value is -3.85. The van der Waals surface area contributed by atoms with Gasteiger partial charge in [-0.1, -0.05) is 12.1 Å². The summed E-state index contributed by atoms with van der Waals surface area (Å²) in [5, 5.41) is 20.5. The third kappa shape index (κ3) is 7.08. The first-order chi connectivity index (χ1) is 15.6. The number of carbonyl (C=O) groups is 1. The van der Waals surface area contributed by atoms with Gasteiger partial charge < -0.3 is 19.1 Å². The highest BCUT2D eigenvalue weighted by molar-refractivity contribution is 5.99. The number of rotatable bonds is 10. The van der Waals surface area contributed by atoms with Crippen LogP contribution >= 0.6 is 0 Å². The van der Waals surface area contributed by atoms with Gasteiger partial charge in [0.15, 0.2) is 11.5 Å². The largest absolute Gasteiger partial charge is 0.493 e. The van der Waals surface area contributed by atoms with Crippen LogP contribution in [-0.4, -0.2) is 55.9 Å². The zero-order chi connectivity index (χ0) is 24.6. The summed E-state index contributed by atoms with van der Waals surface area (Å²) in [6.07, 6.45) is -4.76. The van der Waals surface area contributed by atoms with E-state index in [0.717, 1.165) is 12.1 Å². The molecule has 33 heavy (non-hydrogen) atoms. The summed E-state index contributed by atoms with van der Waals surface area (Å²) in [6.45, 7) is -1.94. The molecule has 0 aliphatic heterocycles. The first-order valence-corrected chi connectivity index (χ1v) is 9.42. The second-order valence-electron chi connectivity index (χ2n) is 6.70. The monoisotopic (exact) mass is 467 g/mol. The molecule has 0 fully saturated rings. The molecular formula is C21H20F3N3O6. The number of nitrogens with zero attached hydrogens (tertiary/aromatic N) is 3. The highest BCUT2D eigenvalue weighted by Crippen LogP contribution is 2.36. The maximum atomic E-state index is 13.2. The second-order valence-corrected chi connectivity index (χ2v) is 6.70. The Kier molecular flexibility index (Phi) is 8.58. The summed E-state index contributed by atoms with van der Waals surface area (Å²) in [5.41, 5.74) is -0.730. The number of hydrogen-bond donors (Lipinski definition) is 0. The number of ether oxygens (including phenoxy) is 3. The van der Waals surface area contributed by atoms with Crippen molar-refractivity contribution in [2.45, 2.75) is 12.7 Å². The molecule has 12 heteroatoms. The van der Waals surface area contributed by atoms with Gasteiger partial charge in [-0.15, -0.1) is 0 Å². The molecule has 2 aromatic carbocycles. The van der Waals surface area contributed by atoms with Gasteiger partial charge in [-0.2, -0.15) is 18.4 Å². The van der Waals surface area contributed by atoms with E-state index in [1.54, 1.807) is 0 Å². The topological polar surface area (TPSA) is 115 Å². The van der Waals surface area contributed by atoms with Crippen LogP contribution in [0.2, 0.25) is 0 Å². The molecule has 1 amide bonds. The second kappa shape index (κ2) is 11.1. The fourth-order valence-electron chi connectivity index (χ4n) is 2.87. The lowest BCUT2D eigenvalue weighted by Crippen LogP contribution is -2.38. The fraction of sp³-hybridized carbons (Fsp3) is 0.333. The number of methoxy groups -OCH3 is 2. The van der Waals surface area contributed by atoms with Gasteiger partial charge in [-0.05, 0) is 17.7 Å². The molecule has 0 aliphatic carbocycles. The predicted octanol–water partition coefficient (Wildman–Crippen LogP) is 3.70. The average Bonchev–Trinajstić information content (AvgIpc) is 2.77. The number of nitriles is 1. The first-order valence-electron chi connectivity index (χ1n) is 9.42. The van der Waals surface area contributed by atoms with Crippen LogP contribution in [0.25, 0.3) is 0 Å². The average molecular weight is 467 g/mol. The SMILES string of the molecule is COCCOc1cc([N+](=O)[O-])c(C(=O)N(Cc2ccc(C#N)cc2)CC(F)(F)F)cc1OC. The molecule has 0 spiro atoms. The molecular weight excluding hydrogens is 447 g/mol. The van der Waals surface area contributed by atoms with E-state index < -0.39 is 41.3 Å². The molecule has 2 rings (SSSR count). The van der Waals surface area contributed by atoms with Gasteiger partial charge in [0.05, 0.1) is 36.3 Å². The normalized spacial score (nSPS) is 10.9. The van der Waals surface area contributed by atoms with E-state index in [0.29, 0.717) is 10.5 Å². The minimum absolute atomic E-state index is 0.0240. The van der Waals surface area contributed by atoms with Crippen LogP contribution in [0.4, 0.5) is 18.9 Å². The van der Waals surface area contributed by atoms with Crippen LogP contribution < -0.4 is 9.47 Å². The summed E-state index contributed by atoms with van der Waals surface area (Å²) < 4.78 is 55.0. The summed E-state index contributed by atoms with van der Waals surface area (Å²) in [6, 6.07) is 9.37. The summed E-state index contributed by atoms with van der Waals surface area (Å²) >= 11 is 0. The molecule has 0 aliphatic rings. The van der Waals surface area contributed by atoms with Crippen LogP contribution in [-0.2, 0) is 11.3 Å². The number of alkyl halides is 3. The van der Waals surface area contributed by atoms with E-state index >= 15 is 0 Å². The van der Waals surface area contributed by atoms with Crippen molar-refractivity contribution in [3.05, 3.63) is 63.2 Å². The van der Waals surface area contributed by atoms with E-state index in [-0.39, 0.29) is 30.3 Å². The molecule has 0 saturated carbocycles. The number of benzene rings is 2. The van der Waals surface area contributed by atoms with E-state index in [4.69, 9.17) is 19.5 Å². The van der Waals surface area contributed by atoms with Crippen LogP contribution in [0.5, 0.6) is 11.5 Å². The van der Waals surface area contributed by atoms with Crippen molar-refractivity contribution < 1.29 is 37.1 Å². The molecule has 0 atom stereocenters. The number of hydrogen-bond acceptors (Lipinski definition) is 7. The van der Waals surface area contributed by atoms with Crippen LogP contribution in [0, 0.1) is 21.4 Å². The Balaban J connectivity index is 2.48. The Labute approximate surface area is 187 Å². The lowest BCUT2D eigenvalue weighted by Gasteiger charge is -2.24.